The van der Waals surface area contributed by atoms with Crippen molar-refractivity contribution in [1.29, 1.82) is 0 Å². The number of aromatic nitrogens is 3. The standard InChI is InChI=1S/C43H69N7O9/c1-12-34-43(8)37(50(41(54)59-43)19-14-13-18-49-24-32(46-47-49)30-16-15-17-31(44)21-30)29(6)45-23-25(2)22-42(7,55-11)38(27(4)35(51)28(5)39(53)57-34)58-40-36(52)33(48(9)10)20-26(3)56-40/h15-17,21,24-29,33-34,36-38,40,45,52H,12-14,18-20,22-23,44H2,1-11H3/t25-,26?,27+,28-,29-,33?,34-,36?,37-,38-,40+,42+,43-/m1/s1. The minimum Gasteiger partial charge on any atom is -0.458 e. The Balaban J connectivity index is 1.38. The molecule has 3 unspecified atom stereocenters. The molecular weight excluding hydrogens is 759 g/mol. The van der Waals surface area contributed by atoms with Crippen molar-refractivity contribution in [3.8, 4) is 11.3 Å². The van der Waals surface area contributed by atoms with Gasteiger partial charge in [-0.1, -0.05) is 38.1 Å². The van der Waals surface area contributed by atoms with Crippen LogP contribution in [-0.2, 0) is 39.8 Å². The van der Waals surface area contributed by atoms with E-state index in [0.717, 1.165) is 11.3 Å². The molecule has 5 rings (SSSR count). The highest BCUT2D eigenvalue weighted by Gasteiger charge is 2.58. The fourth-order valence-corrected chi connectivity index (χ4v) is 9.45. The minimum absolute atomic E-state index is 0.0125. The van der Waals surface area contributed by atoms with Gasteiger partial charge in [0.1, 0.15) is 23.8 Å². The van der Waals surface area contributed by atoms with Gasteiger partial charge in [0, 0.05) is 49.5 Å². The number of likely N-dealkylation sites (N-methyl/N-ethyl adjacent to an activating group) is 1. The number of carbonyl (C=O) groups is 3. The quantitative estimate of drug-likeness (QED) is 0.126. The second-order valence-electron chi connectivity index (χ2n) is 17.8. The second-order valence-corrected chi connectivity index (χ2v) is 17.8. The molecule has 16 heteroatoms. The monoisotopic (exact) mass is 828 g/mol. The van der Waals surface area contributed by atoms with Crippen LogP contribution in [-0.4, -0.2) is 142 Å². The molecule has 59 heavy (non-hydrogen) atoms. The molecule has 3 aliphatic heterocycles. The first kappa shape index (κ1) is 46.4. The average molecular weight is 828 g/mol. The third-order valence-electron chi connectivity index (χ3n) is 12.8. The number of anilines is 1. The third kappa shape index (κ3) is 10.3. The molecule has 3 aliphatic rings. The molecule has 0 radical (unpaired) electrons. The average Bonchev–Trinajstić information content (AvgIpc) is 3.77. The van der Waals surface area contributed by atoms with Gasteiger partial charge >= 0.3 is 12.1 Å². The number of nitrogens with one attached hydrogen (secondary N) is 1. The number of aryl methyl sites for hydroxylation is 1. The van der Waals surface area contributed by atoms with Crippen molar-refractivity contribution in [3.05, 3.63) is 30.5 Å². The summed E-state index contributed by atoms with van der Waals surface area (Å²) >= 11 is 0. The summed E-state index contributed by atoms with van der Waals surface area (Å²) < 4.78 is 33.3. The second kappa shape index (κ2) is 19.4. The Morgan fingerprint density at radius 2 is 1.80 bits per heavy atom. The van der Waals surface area contributed by atoms with Gasteiger partial charge in [-0.3, -0.25) is 19.2 Å². The highest BCUT2D eigenvalue weighted by Crippen LogP contribution is 2.40. The fourth-order valence-electron chi connectivity index (χ4n) is 9.45. The van der Waals surface area contributed by atoms with Crippen molar-refractivity contribution in [2.24, 2.45) is 17.8 Å². The Bertz CT molecular complexity index is 1740. The van der Waals surface area contributed by atoms with E-state index in [1.165, 1.54) is 6.92 Å². The number of hydrogen-bond acceptors (Lipinski definition) is 14. The molecule has 0 aliphatic carbocycles. The van der Waals surface area contributed by atoms with Gasteiger partial charge in [-0.25, -0.2) is 4.79 Å². The Morgan fingerprint density at radius 3 is 2.46 bits per heavy atom. The van der Waals surface area contributed by atoms with E-state index in [0.29, 0.717) is 57.4 Å². The van der Waals surface area contributed by atoms with Gasteiger partial charge in [0.15, 0.2) is 17.7 Å². The summed E-state index contributed by atoms with van der Waals surface area (Å²) in [6.45, 7) is 16.4. The number of amides is 1. The third-order valence-corrected chi connectivity index (χ3v) is 12.8. The molecule has 330 valence electrons. The first-order chi connectivity index (χ1) is 27.8. The van der Waals surface area contributed by atoms with E-state index < -0.39 is 71.5 Å². The first-order valence-corrected chi connectivity index (χ1v) is 21.3. The zero-order chi connectivity index (χ0) is 43.4. The summed E-state index contributed by atoms with van der Waals surface area (Å²) in [7, 11) is 5.39. The molecule has 0 spiro atoms. The number of cyclic esters (lactones) is 1. The van der Waals surface area contributed by atoms with Crippen LogP contribution in [0.1, 0.15) is 87.5 Å². The van der Waals surface area contributed by atoms with E-state index in [-0.39, 0.29) is 24.1 Å². The largest absolute Gasteiger partial charge is 0.458 e. The number of nitrogens with zero attached hydrogens (tertiary/aromatic N) is 5. The van der Waals surface area contributed by atoms with E-state index in [2.05, 4.69) is 22.6 Å². The Hall–Kier alpha value is -3.67. The Morgan fingerprint density at radius 1 is 1.08 bits per heavy atom. The lowest BCUT2D eigenvalue weighted by molar-refractivity contribution is -0.295. The van der Waals surface area contributed by atoms with Crippen LogP contribution in [0.15, 0.2) is 30.5 Å². The molecule has 4 heterocycles. The van der Waals surface area contributed by atoms with Crippen molar-refractivity contribution in [2.75, 3.05) is 40.0 Å². The molecule has 0 saturated carbocycles. The van der Waals surface area contributed by atoms with Crippen molar-refractivity contribution in [3.63, 3.8) is 0 Å². The summed E-state index contributed by atoms with van der Waals surface area (Å²) in [5.74, 6) is -3.16. The molecule has 1 amide bonds. The maximum atomic E-state index is 14.4. The lowest BCUT2D eigenvalue weighted by Crippen LogP contribution is -2.61. The van der Waals surface area contributed by atoms with Crippen LogP contribution in [0.3, 0.4) is 0 Å². The number of benzene rings is 1. The number of carbonyl (C=O) groups excluding carboxylic acids is 3. The molecule has 2 aromatic rings. The minimum atomic E-state index is -1.23. The number of nitrogens with two attached hydrogens (primary N) is 1. The predicted octanol–water partition coefficient (Wildman–Crippen LogP) is 4.28. The maximum Gasteiger partial charge on any atom is 0.410 e. The van der Waals surface area contributed by atoms with Gasteiger partial charge < -0.3 is 44.7 Å². The predicted molar refractivity (Wildman–Crippen MR) is 222 cm³/mol. The molecule has 1 aromatic carbocycles. The van der Waals surface area contributed by atoms with Crippen LogP contribution in [0, 0.1) is 17.8 Å². The maximum absolute atomic E-state index is 14.4. The van der Waals surface area contributed by atoms with Gasteiger partial charge in [-0.2, -0.15) is 0 Å². The molecule has 16 nitrogen and oxygen atoms in total. The van der Waals surface area contributed by atoms with Crippen LogP contribution in [0.5, 0.6) is 0 Å². The van der Waals surface area contributed by atoms with Crippen molar-refractivity contribution < 1.29 is 43.2 Å². The van der Waals surface area contributed by atoms with Gasteiger partial charge in [-0.05, 0) is 105 Å². The van der Waals surface area contributed by atoms with E-state index >= 15 is 0 Å². The van der Waals surface area contributed by atoms with Gasteiger partial charge in [-0.15, -0.1) is 5.10 Å². The SMILES string of the molecule is CC[C@H]1OC(=O)[C@H](C)C(=O)[C@H](C)[C@@H](O[C@@H]2OC(C)CC(N(C)C)C2O)[C@@](C)(OC)C[C@@H](C)CN[C@H](C)[C@H]2N(CCCCn3cc(-c4cccc(N)c4)nn3)C(=O)O[C@]12C. The number of unbranched alkanes of at least 4 members (excludes halogenated alkanes) is 1. The van der Waals surface area contributed by atoms with Crippen LogP contribution in [0.2, 0.25) is 0 Å². The van der Waals surface area contributed by atoms with Crippen LogP contribution < -0.4 is 11.1 Å². The smallest absolute Gasteiger partial charge is 0.410 e. The number of rotatable bonds is 11. The molecule has 4 N–H and O–H groups in total. The number of nitrogen functional groups attached to an aromatic ring is 1. The molecule has 13 atom stereocenters. The van der Waals surface area contributed by atoms with Gasteiger partial charge in [0.05, 0.1) is 30.0 Å². The highest BCUT2D eigenvalue weighted by atomic mass is 16.7. The molecular formula is C43H69N7O9. The highest BCUT2D eigenvalue weighted by molar-refractivity contribution is 6.00. The summed E-state index contributed by atoms with van der Waals surface area (Å²) in [5.41, 5.74) is 5.95. The van der Waals surface area contributed by atoms with Gasteiger partial charge in [0.2, 0.25) is 0 Å². The van der Waals surface area contributed by atoms with E-state index in [9.17, 15) is 19.5 Å². The number of esters is 1. The van der Waals surface area contributed by atoms with Crippen molar-refractivity contribution >= 4 is 23.5 Å². The molecule has 1 aromatic heterocycles. The zero-order valence-corrected chi connectivity index (χ0v) is 36.9. The first-order valence-electron chi connectivity index (χ1n) is 21.3. The molecule has 3 fully saturated rings. The number of Topliss-reactive ketones (excluding diaryl/α,β-unsaturated/α-hetero) is 1. The number of aliphatic hydroxyl groups excluding tert-OH is 1. The number of hydrogen-bond donors (Lipinski definition) is 3. The van der Waals surface area contributed by atoms with Gasteiger partial charge in [0.25, 0.3) is 0 Å². The number of fused-ring (bicyclic) bond motifs is 1. The van der Waals surface area contributed by atoms with E-state index in [1.807, 2.05) is 84.1 Å². The topological polar surface area (TPSA) is 193 Å². The van der Waals surface area contributed by atoms with Crippen LogP contribution >= 0.6 is 0 Å². The lowest BCUT2D eigenvalue weighted by Gasteiger charge is -2.46. The molecule has 0 bridgehead atoms. The number of aliphatic hydroxyl groups is 1. The van der Waals surface area contributed by atoms with E-state index in [4.69, 9.17) is 29.4 Å². The summed E-state index contributed by atoms with van der Waals surface area (Å²) in [5, 5.41) is 23.7. The zero-order valence-electron chi connectivity index (χ0n) is 36.9. The fraction of sp³-hybridized carbons (Fsp3) is 0.744. The number of ether oxygens (including phenoxy) is 5. The summed E-state index contributed by atoms with van der Waals surface area (Å²) in [4.78, 5) is 45.9. The van der Waals surface area contributed by atoms with Crippen LogP contribution in [0.4, 0.5) is 10.5 Å². The normalized spacial score (nSPS) is 36.5. The van der Waals surface area contributed by atoms with Crippen molar-refractivity contribution in [2.45, 2.75) is 154 Å². The lowest BCUT2D eigenvalue weighted by atomic mass is 9.78. The summed E-state index contributed by atoms with van der Waals surface area (Å²) in [6.07, 6.45) is 0.194. The van der Waals surface area contributed by atoms with Crippen LogP contribution in [0.25, 0.3) is 11.3 Å². The van der Waals surface area contributed by atoms with E-state index in [1.54, 1.807) is 23.6 Å². The summed E-state index contributed by atoms with van der Waals surface area (Å²) in [6, 6.07) is 6.46. The Labute approximate surface area is 349 Å². The molecule has 3 saturated heterocycles. The van der Waals surface area contributed by atoms with Crippen molar-refractivity contribution in [1.82, 2.24) is 30.1 Å². The number of ketones is 1. The number of methoxy groups -OCH3 is 1. The Kier molecular flexibility index (Phi) is 15.2.